The Morgan fingerprint density at radius 2 is 1.52 bits per heavy atom. The Hall–Kier alpha value is -1.95. The van der Waals surface area contributed by atoms with Crippen molar-refractivity contribution in [1.29, 1.82) is 0 Å². The second-order valence-electron chi connectivity index (χ2n) is 7.86. The zero-order valence-corrected chi connectivity index (χ0v) is 17.1. The third-order valence-corrected chi connectivity index (χ3v) is 9.74. The molecule has 0 aliphatic heterocycles. The number of benzene rings is 2. The molecule has 0 aromatic heterocycles. The van der Waals surface area contributed by atoms with Gasteiger partial charge >= 0.3 is 5.97 Å². The maximum Gasteiger partial charge on any atom is 0.306 e. The molecule has 0 fully saturated rings. The molecule has 0 aliphatic rings. The number of hydrogen-bond acceptors (Lipinski definition) is 3. The van der Waals surface area contributed by atoms with Crippen molar-refractivity contribution in [2.75, 3.05) is 6.61 Å². The first-order chi connectivity index (χ1) is 13.8. The van der Waals surface area contributed by atoms with Crippen molar-refractivity contribution in [3.63, 3.8) is 0 Å². The zero-order chi connectivity index (χ0) is 22.6. The van der Waals surface area contributed by atoms with E-state index in [0.29, 0.717) is 0 Å². The minimum absolute atomic E-state index is 0.0740. The highest BCUT2D eigenvalue weighted by atomic mass is 28.4. The Morgan fingerprint density at radius 1 is 1.04 bits per heavy atom. The van der Waals surface area contributed by atoms with Crippen LogP contribution in [0.4, 0.5) is 0 Å². The SMILES string of the molecule is [2H]C([2H])([2H])[C@@](O)(C[13CH2]O[Si](c1ccccc1)(c1ccccc1)C(C)(C)C)CC(=O)O. The molecule has 0 saturated carbocycles. The molecule has 2 rings (SSSR count). The van der Waals surface area contributed by atoms with E-state index in [1.807, 2.05) is 60.7 Å². The minimum atomic E-state index is -2.89. The van der Waals surface area contributed by atoms with Gasteiger partial charge in [0.15, 0.2) is 0 Å². The molecule has 0 aliphatic carbocycles. The van der Waals surface area contributed by atoms with Gasteiger partial charge in [-0.25, -0.2) is 0 Å². The first-order valence-electron chi connectivity index (χ1n) is 10.5. The number of carbonyl (C=O) groups is 1. The summed E-state index contributed by atoms with van der Waals surface area (Å²) in [5, 5.41) is 21.5. The molecule has 0 bridgehead atoms. The van der Waals surface area contributed by atoms with E-state index in [1.165, 1.54) is 0 Å². The van der Waals surface area contributed by atoms with E-state index in [9.17, 15) is 9.90 Å². The van der Waals surface area contributed by atoms with Crippen LogP contribution in [0.1, 0.15) is 44.6 Å². The number of aliphatic carboxylic acids is 1. The highest BCUT2D eigenvalue weighted by Crippen LogP contribution is 2.37. The standard InChI is InChI=1S/C22H30O4Si/c1-21(2,3)27(18-11-7-5-8-12-18,19-13-9-6-10-14-19)26-16-15-22(4,25)17-20(23)24/h5-14,25H,15-17H2,1-4H3,(H,23,24)/t22-/m1/s1/i4D3,16+1. The molecular formula is C22H30O4Si. The molecule has 0 radical (unpaired) electrons. The Morgan fingerprint density at radius 3 is 1.89 bits per heavy atom. The van der Waals surface area contributed by atoms with Crippen molar-refractivity contribution >= 4 is 24.7 Å². The topological polar surface area (TPSA) is 66.8 Å². The Labute approximate surface area is 167 Å². The van der Waals surface area contributed by atoms with Crippen LogP contribution in [-0.4, -0.2) is 36.7 Å². The summed E-state index contributed by atoms with van der Waals surface area (Å²) in [6.45, 7) is 3.36. The quantitative estimate of drug-likeness (QED) is 0.537. The van der Waals surface area contributed by atoms with E-state index in [0.717, 1.165) is 10.4 Å². The van der Waals surface area contributed by atoms with Gasteiger partial charge in [0.1, 0.15) is 0 Å². The van der Waals surface area contributed by atoms with Crippen molar-refractivity contribution in [1.82, 2.24) is 0 Å². The molecule has 5 heteroatoms. The lowest BCUT2D eigenvalue weighted by molar-refractivity contribution is -0.142. The van der Waals surface area contributed by atoms with Crippen LogP contribution >= 0.6 is 0 Å². The predicted octanol–water partition coefficient (Wildman–Crippen LogP) is 3.18. The van der Waals surface area contributed by atoms with Crippen molar-refractivity contribution < 1.29 is 23.5 Å². The molecule has 0 unspecified atom stereocenters. The average Bonchev–Trinajstić information content (AvgIpc) is 2.64. The summed E-state index contributed by atoms with van der Waals surface area (Å²) in [7, 11) is -2.89. The van der Waals surface area contributed by atoms with E-state index >= 15 is 0 Å². The maximum atomic E-state index is 11.2. The van der Waals surface area contributed by atoms with E-state index in [4.69, 9.17) is 13.6 Å². The summed E-state index contributed by atoms with van der Waals surface area (Å²) >= 11 is 0. The van der Waals surface area contributed by atoms with Gasteiger partial charge in [-0.1, -0.05) is 81.4 Å². The van der Waals surface area contributed by atoms with Crippen LogP contribution in [0.2, 0.25) is 5.04 Å². The molecular weight excluding hydrogens is 357 g/mol. The van der Waals surface area contributed by atoms with Gasteiger partial charge in [0.05, 0.1) is 12.0 Å². The van der Waals surface area contributed by atoms with Crippen molar-refractivity contribution in [3.8, 4) is 0 Å². The van der Waals surface area contributed by atoms with E-state index in [1.54, 1.807) is 0 Å². The summed E-state index contributed by atoms with van der Waals surface area (Å²) < 4.78 is 29.5. The summed E-state index contributed by atoms with van der Waals surface area (Å²) in [5.41, 5.74) is -2.36. The first kappa shape index (κ1) is 17.2. The number of rotatable bonds is 8. The van der Waals surface area contributed by atoms with E-state index in [2.05, 4.69) is 20.8 Å². The number of hydrogen-bond donors (Lipinski definition) is 2. The molecule has 1 atom stereocenters. The largest absolute Gasteiger partial charge is 0.481 e. The average molecular weight is 391 g/mol. The Balaban J connectivity index is 2.48. The van der Waals surface area contributed by atoms with Gasteiger partial charge in [-0.15, -0.1) is 0 Å². The second-order valence-corrected chi connectivity index (χ2v) is 12.2. The fraction of sp³-hybridized carbons (Fsp3) is 0.409. The molecule has 27 heavy (non-hydrogen) atoms. The fourth-order valence-corrected chi connectivity index (χ4v) is 8.04. The van der Waals surface area contributed by atoms with Gasteiger partial charge in [-0.2, -0.15) is 0 Å². The third kappa shape index (κ3) is 5.06. The number of carboxylic acids is 1. The van der Waals surface area contributed by atoms with E-state index < -0.39 is 33.2 Å². The lowest BCUT2D eigenvalue weighted by Crippen LogP contribution is -2.66. The fourth-order valence-electron chi connectivity index (χ4n) is 3.47. The normalized spacial score (nSPS) is 16.7. The summed E-state index contributed by atoms with van der Waals surface area (Å²) in [6.07, 6.45) is -1.17. The van der Waals surface area contributed by atoms with Crippen LogP contribution in [0.15, 0.2) is 60.7 Å². The van der Waals surface area contributed by atoms with Gasteiger partial charge in [-0.05, 0) is 28.7 Å². The van der Waals surface area contributed by atoms with Crippen LogP contribution in [0.5, 0.6) is 0 Å². The summed E-state index contributed by atoms with van der Waals surface area (Å²) in [4.78, 5) is 11.2. The van der Waals surface area contributed by atoms with Crippen LogP contribution in [0.3, 0.4) is 0 Å². The Bertz CT molecular complexity index is 795. The molecule has 2 aromatic rings. The predicted molar refractivity (Wildman–Crippen MR) is 111 cm³/mol. The molecule has 2 N–H and O–H groups in total. The van der Waals surface area contributed by atoms with Gasteiger partial charge in [0, 0.05) is 10.7 Å². The van der Waals surface area contributed by atoms with Crippen LogP contribution < -0.4 is 10.4 Å². The summed E-state index contributed by atoms with van der Waals surface area (Å²) in [6, 6.07) is 19.7. The summed E-state index contributed by atoms with van der Waals surface area (Å²) in [5.74, 6) is -1.36. The zero-order valence-electron chi connectivity index (χ0n) is 19.1. The molecule has 2 aromatic carbocycles. The molecule has 0 saturated heterocycles. The monoisotopic (exact) mass is 390 g/mol. The number of aliphatic hydroxyl groups is 1. The third-order valence-electron chi connectivity index (χ3n) is 4.69. The maximum absolute atomic E-state index is 11.2. The molecule has 0 spiro atoms. The minimum Gasteiger partial charge on any atom is -0.481 e. The smallest absolute Gasteiger partial charge is 0.306 e. The van der Waals surface area contributed by atoms with Gasteiger partial charge in [0.25, 0.3) is 8.32 Å². The second kappa shape index (κ2) is 8.38. The van der Waals surface area contributed by atoms with E-state index in [-0.39, 0.29) is 18.1 Å². The van der Waals surface area contributed by atoms with Gasteiger partial charge in [0.2, 0.25) is 0 Å². The lowest BCUT2D eigenvalue weighted by atomic mass is 10.0. The van der Waals surface area contributed by atoms with Gasteiger partial charge < -0.3 is 14.6 Å². The highest BCUT2D eigenvalue weighted by Gasteiger charge is 2.50. The molecule has 0 heterocycles. The molecule has 4 nitrogen and oxygen atoms in total. The van der Waals surface area contributed by atoms with Crippen LogP contribution in [-0.2, 0) is 9.22 Å². The lowest BCUT2D eigenvalue weighted by Gasteiger charge is -2.43. The van der Waals surface area contributed by atoms with Crippen LogP contribution in [0, 0.1) is 0 Å². The van der Waals surface area contributed by atoms with Crippen LogP contribution in [0.25, 0.3) is 0 Å². The molecule has 146 valence electrons. The first-order valence-corrected chi connectivity index (χ1v) is 10.9. The van der Waals surface area contributed by atoms with Gasteiger partial charge in [-0.3, -0.25) is 4.79 Å². The van der Waals surface area contributed by atoms with Crippen molar-refractivity contribution in [2.45, 2.75) is 51.1 Å². The molecule has 0 amide bonds. The van der Waals surface area contributed by atoms with Crippen molar-refractivity contribution in [3.05, 3.63) is 60.7 Å². The van der Waals surface area contributed by atoms with Crippen molar-refractivity contribution in [2.24, 2.45) is 0 Å². The highest BCUT2D eigenvalue weighted by molar-refractivity contribution is 6.99. The Kier molecular flexibility index (Phi) is 5.33. The number of carboxylic acid groups (broad SMARTS) is 1.